The lowest BCUT2D eigenvalue weighted by Gasteiger charge is -2.13. The summed E-state index contributed by atoms with van der Waals surface area (Å²) >= 11 is 0. The van der Waals surface area contributed by atoms with E-state index in [-0.39, 0.29) is 11.8 Å². The zero-order chi connectivity index (χ0) is 15.0. The molecule has 1 unspecified atom stereocenters. The van der Waals surface area contributed by atoms with Crippen LogP contribution in [-0.2, 0) is 11.2 Å². The Labute approximate surface area is 120 Å². The van der Waals surface area contributed by atoms with Crippen LogP contribution in [0.3, 0.4) is 0 Å². The largest absolute Gasteiger partial charge is 0.497 e. The molecule has 112 valence electrons. The predicted octanol–water partition coefficient (Wildman–Crippen LogP) is 1.22. The Bertz CT molecular complexity index is 435. The number of benzene rings is 1. The predicted molar refractivity (Wildman–Crippen MR) is 79.4 cm³/mol. The van der Waals surface area contributed by atoms with Crippen molar-refractivity contribution in [2.45, 2.75) is 13.3 Å². The van der Waals surface area contributed by atoms with Gasteiger partial charge in [-0.15, -0.1) is 0 Å². The van der Waals surface area contributed by atoms with Gasteiger partial charge in [0.25, 0.3) is 0 Å². The molecule has 0 aliphatic carbocycles. The highest BCUT2D eigenvalue weighted by Gasteiger charge is 2.11. The minimum Gasteiger partial charge on any atom is -0.497 e. The van der Waals surface area contributed by atoms with Crippen LogP contribution in [-0.4, -0.2) is 40.3 Å². The van der Waals surface area contributed by atoms with Gasteiger partial charge in [0.2, 0.25) is 5.91 Å². The molecule has 1 amide bonds. The van der Waals surface area contributed by atoms with Crippen LogP contribution in [0.25, 0.3) is 0 Å². The van der Waals surface area contributed by atoms with Crippen molar-refractivity contribution >= 4 is 5.91 Å². The van der Waals surface area contributed by atoms with Gasteiger partial charge in [-0.05, 0) is 37.2 Å². The Hall–Kier alpha value is -1.75. The molecule has 0 bridgehead atoms. The first-order chi connectivity index (χ1) is 9.62. The zero-order valence-corrected chi connectivity index (χ0v) is 12.7. The summed E-state index contributed by atoms with van der Waals surface area (Å²) in [6.45, 7) is 3.16. The van der Waals surface area contributed by atoms with Gasteiger partial charge in [0, 0.05) is 19.0 Å². The van der Waals surface area contributed by atoms with Crippen LogP contribution in [0.2, 0.25) is 0 Å². The Balaban J connectivity index is 2.54. The van der Waals surface area contributed by atoms with E-state index in [1.807, 2.05) is 32.2 Å². The van der Waals surface area contributed by atoms with Crippen molar-refractivity contribution < 1.29 is 14.3 Å². The van der Waals surface area contributed by atoms with Crippen molar-refractivity contribution in [3.05, 3.63) is 23.8 Å². The number of carbonyl (C=O) groups is 1. The maximum atomic E-state index is 11.8. The van der Waals surface area contributed by atoms with Gasteiger partial charge in [-0.25, -0.2) is 0 Å². The molecule has 0 fully saturated rings. The molecule has 0 saturated heterocycles. The third-order valence-electron chi connectivity index (χ3n) is 3.14. The second-order valence-electron chi connectivity index (χ2n) is 4.68. The highest BCUT2D eigenvalue weighted by Crippen LogP contribution is 2.24. The van der Waals surface area contributed by atoms with E-state index in [1.54, 1.807) is 14.2 Å². The van der Waals surface area contributed by atoms with E-state index in [2.05, 4.69) is 10.6 Å². The lowest BCUT2D eigenvalue weighted by molar-refractivity contribution is -0.124. The molecule has 2 N–H and O–H groups in total. The van der Waals surface area contributed by atoms with Crippen LogP contribution in [0.15, 0.2) is 18.2 Å². The Morgan fingerprint density at radius 1 is 1.30 bits per heavy atom. The van der Waals surface area contributed by atoms with E-state index in [9.17, 15) is 4.79 Å². The summed E-state index contributed by atoms with van der Waals surface area (Å²) in [6.07, 6.45) is 0.707. The Morgan fingerprint density at radius 3 is 2.65 bits per heavy atom. The van der Waals surface area contributed by atoms with Crippen molar-refractivity contribution in [1.82, 2.24) is 10.6 Å². The van der Waals surface area contributed by atoms with Gasteiger partial charge in [-0.2, -0.15) is 0 Å². The van der Waals surface area contributed by atoms with Crippen molar-refractivity contribution in [1.29, 1.82) is 0 Å². The van der Waals surface area contributed by atoms with Crippen LogP contribution in [0.1, 0.15) is 12.5 Å². The molecule has 20 heavy (non-hydrogen) atoms. The summed E-state index contributed by atoms with van der Waals surface area (Å²) in [5.41, 5.74) is 1.02. The molecule has 1 aromatic rings. The zero-order valence-electron chi connectivity index (χ0n) is 12.7. The average molecular weight is 280 g/mol. The van der Waals surface area contributed by atoms with Crippen molar-refractivity contribution in [2.75, 3.05) is 34.4 Å². The molecule has 0 saturated carbocycles. The molecule has 0 radical (unpaired) electrons. The molecule has 0 spiro atoms. The van der Waals surface area contributed by atoms with Gasteiger partial charge in [-0.1, -0.05) is 6.92 Å². The topological polar surface area (TPSA) is 59.6 Å². The standard InChI is InChI=1S/C15H24N2O3/c1-11(10-16-2)15(18)17-8-7-12-9-13(19-3)5-6-14(12)20-4/h5-6,9,11,16H,7-8,10H2,1-4H3,(H,17,18). The third kappa shape index (κ3) is 4.74. The van der Waals surface area contributed by atoms with Gasteiger partial charge in [-0.3, -0.25) is 4.79 Å². The number of carbonyl (C=O) groups excluding carboxylic acids is 1. The first-order valence-electron chi connectivity index (χ1n) is 6.75. The monoisotopic (exact) mass is 280 g/mol. The van der Waals surface area contributed by atoms with Crippen LogP contribution >= 0.6 is 0 Å². The SMILES string of the molecule is CNCC(C)C(=O)NCCc1cc(OC)ccc1OC. The van der Waals surface area contributed by atoms with Crippen molar-refractivity contribution in [3.8, 4) is 11.5 Å². The lowest BCUT2D eigenvalue weighted by Crippen LogP contribution is -2.35. The smallest absolute Gasteiger partial charge is 0.224 e. The Kier molecular flexibility index (Phi) is 6.87. The molecule has 1 aromatic carbocycles. The molecular weight excluding hydrogens is 256 g/mol. The van der Waals surface area contributed by atoms with E-state index in [4.69, 9.17) is 9.47 Å². The highest BCUT2D eigenvalue weighted by molar-refractivity contribution is 5.78. The summed E-state index contributed by atoms with van der Waals surface area (Å²) in [5, 5.41) is 5.92. The summed E-state index contributed by atoms with van der Waals surface area (Å²) < 4.78 is 10.5. The number of ether oxygens (including phenoxy) is 2. The number of nitrogens with one attached hydrogen (secondary N) is 2. The average Bonchev–Trinajstić information content (AvgIpc) is 2.47. The number of hydrogen-bond donors (Lipinski definition) is 2. The number of hydrogen-bond acceptors (Lipinski definition) is 4. The molecule has 0 heterocycles. The molecule has 0 aliphatic rings. The maximum absolute atomic E-state index is 11.8. The number of rotatable bonds is 8. The Morgan fingerprint density at radius 2 is 2.05 bits per heavy atom. The van der Waals surface area contributed by atoms with Crippen LogP contribution in [0, 0.1) is 5.92 Å². The second kappa shape index (κ2) is 8.43. The van der Waals surface area contributed by atoms with Gasteiger partial charge in [0.1, 0.15) is 11.5 Å². The van der Waals surface area contributed by atoms with Gasteiger partial charge < -0.3 is 20.1 Å². The fourth-order valence-electron chi connectivity index (χ4n) is 1.97. The van der Waals surface area contributed by atoms with Gasteiger partial charge in [0.15, 0.2) is 0 Å². The van der Waals surface area contributed by atoms with Crippen LogP contribution in [0.5, 0.6) is 11.5 Å². The summed E-state index contributed by atoms with van der Waals surface area (Å²) in [5.74, 6) is 1.62. The fourth-order valence-corrected chi connectivity index (χ4v) is 1.97. The molecule has 1 rings (SSSR count). The summed E-state index contributed by atoms with van der Waals surface area (Å²) in [6, 6.07) is 5.66. The van der Waals surface area contributed by atoms with E-state index in [0.717, 1.165) is 17.1 Å². The minimum atomic E-state index is -0.0350. The molecule has 5 nitrogen and oxygen atoms in total. The molecular formula is C15H24N2O3. The number of amides is 1. The molecule has 0 aliphatic heterocycles. The molecule has 5 heteroatoms. The van der Waals surface area contributed by atoms with E-state index >= 15 is 0 Å². The van der Waals surface area contributed by atoms with E-state index < -0.39 is 0 Å². The fraction of sp³-hybridized carbons (Fsp3) is 0.533. The normalized spacial score (nSPS) is 11.8. The first-order valence-corrected chi connectivity index (χ1v) is 6.75. The highest BCUT2D eigenvalue weighted by atomic mass is 16.5. The quantitative estimate of drug-likeness (QED) is 0.751. The lowest BCUT2D eigenvalue weighted by atomic mass is 10.1. The van der Waals surface area contributed by atoms with Crippen LogP contribution < -0.4 is 20.1 Å². The van der Waals surface area contributed by atoms with Crippen LogP contribution in [0.4, 0.5) is 0 Å². The van der Waals surface area contributed by atoms with E-state index in [1.165, 1.54) is 0 Å². The maximum Gasteiger partial charge on any atom is 0.224 e. The first kappa shape index (κ1) is 16.3. The molecule has 1 atom stereocenters. The minimum absolute atomic E-state index is 0.0350. The number of methoxy groups -OCH3 is 2. The summed E-state index contributed by atoms with van der Waals surface area (Å²) in [4.78, 5) is 11.8. The molecule has 0 aromatic heterocycles. The van der Waals surface area contributed by atoms with Gasteiger partial charge >= 0.3 is 0 Å². The van der Waals surface area contributed by atoms with Gasteiger partial charge in [0.05, 0.1) is 14.2 Å². The third-order valence-corrected chi connectivity index (χ3v) is 3.14. The van der Waals surface area contributed by atoms with Crippen molar-refractivity contribution in [3.63, 3.8) is 0 Å². The van der Waals surface area contributed by atoms with Crippen molar-refractivity contribution in [2.24, 2.45) is 5.92 Å². The second-order valence-corrected chi connectivity index (χ2v) is 4.68. The van der Waals surface area contributed by atoms with E-state index in [0.29, 0.717) is 19.5 Å². The summed E-state index contributed by atoms with van der Waals surface area (Å²) in [7, 11) is 5.11.